The van der Waals surface area contributed by atoms with Gasteiger partial charge in [0, 0.05) is 19.0 Å². The highest BCUT2D eigenvalue weighted by Crippen LogP contribution is 2.16. The quantitative estimate of drug-likeness (QED) is 0.675. The van der Waals surface area contributed by atoms with E-state index >= 15 is 0 Å². The summed E-state index contributed by atoms with van der Waals surface area (Å²) in [5, 5.41) is 8.95. The lowest BCUT2D eigenvalue weighted by Gasteiger charge is -2.28. The number of hydrogen-bond acceptors (Lipinski definition) is 3. The van der Waals surface area contributed by atoms with Crippen LogP contribution in [0.5, 0.6) is 0 Å². The minimum atomic E-state index is 0.0153. The highest BCUT2D eigenvalue weighted by atomic mass is 16.3. The number of hydrogen-bond donors (Lipinski definition) is 2. The summed E-state index contributed by atoms with van der Waals surface area (Å²) in [5.74, 6) is 0.911. The fourth-order valence-corrected chi connectivity index (χ4v) is 2.07. The number of rotatable bonds is 8. The smallest absolute Gasteiger partial charge is 0.223 e. The molecule has 0 aliphatic heterocycles. The van der Waals surface area contributed by atoms with Crippen molar-refractivity contribution in [3.05, 3.63) is 0 Å². The van der Waals surface area contributed by atoms with Gasteiger partial charge >= 0.3 is 0 Å². The molecule has 1 atom stereocenters. The Morgan fingerprint density at radius 3 is 2.24 bits per heavy atom. The van der Waals surface area contributed by atoms with Crippen molar-refractivity contribution >= 4 is 5.91 Å². The van der Waals surface area contributed by atoms with Gasteiger partial charge in [0.25, 0.3) is 0 Å². The first-order valence-electron chi connectivity index (χ1n) is 6.52. The minimum Gasteiger partial charge on any atom is -0.395 e. The Labute approximate surface area is 105 Å². The van der Waals surface area contributed by atoms with E-state index in [2.05, 4.69) is 13.8 Å². The topological polar surface area (TPSA) is 66.6 Å². The average molecular weight is 244 g/mol. The van der Waals surface area contributed by atoms with Gasteiger partial charge in [-0.25, -0.2) is 0 Å². The van der Waals surface area contributed by atoms with E-state index in [1.807, 2.05) is 13.8 Å². The van der Waals surface area contributed by atoms with Crippen molar-refractivity contribution in [2.75, 3.05) is 19.7 Å². The third kappa shape index (κ3) is 6.64. The van der Waals surface area contributed by atoms with Crippen molar-refractivity contribution < 1.29 is 9.90 Å². The van der Waals surface area contributed by atoms with E-state index < -0.39 is 0 Å². The standard InChI is InChI=1S/C13H28N2O2/c1-10(2)7-12(9-14)8-13(17)15(5-6-16)11(3)4/h10-12,16H,5-9,14H2,1-4H3. The fraction of sp³-hybridized carbons (Fsp3) is 0.923. The summed E-state index contributed by atoms with van der Waals surface area (Å²) in [6, 6.07) is 0.132. The number of aliphatic hydroxyl groups excluding tert-OH is 1. The molecule has 0 spiro atoms. The Bertz CT molecular complexity index is 217. The summed E-state index contributed by atoms with van der Waals surface area (Å²) < 4.78 is 0. The van der Waals surface area contributed by atoms with Crippen LogP contribution in [-0.2, 0) is 4.79 Å². The maximum absolute atomic E-state index is 12.1. The van der Waals surface area contributed by atoms with Crippen molar-refractivity contribution in [2.45, 2.75) is 46.6 Å². The Kier molecular flexibility index (Phi) is 8.17. The summed E-state index contributed by atoms with van der Waals surface area (Å²) in [4.78, 5) is 13.8. The van der Waals surface area contributed by atoms with Crippen LogP contribution in [-0.4, -0.2) is 41.7 Å². The van der Waals surface area contributed by atoms with Crippen molar-refractivity contribution in [3.8, 4) is 0 Å². The molecule has 0 saturated heterocycles. The van der Waals surface area contributed by atoms with E-state index in [0.717, 1.165) is 6.42 Å². The SMILES string of the molecule is CC(C)CC(CN)CC(=O)N(CCO)C(C)C. The normalized spacial score (nSPS) is 13.2. The van der Waals surface area contributed by atoms with E-state index in [1.54, 1.807) is 4.90 Å². The molecule has 1 unspecified atom stereocenters. The van der Waals surface area contributed by atoms with Crippen LogP contribution in [0.4, 0.5) is 0 Å². The summed E-state index contributed by atoms with van der Waals surface area (Å²) in [5.41, 5.74) is 5.70. The average Bonchev–Trinajstić information content (AvgIpc) is 2.23. The molecule has 0 aliphatic rings. The molecule has 1 amide bonds. The maximum Gasteiger partial charge on any atom is 0.223 e. The predicted molar refractivity (Wildman–Crippen MR) is 70.6 cm³/mol. The number of carbonyl (C=O) groups is 1. The first kappa shape index (κ1) is 16.4. The fourth-order valence-electron chi connectivity index (χ4n) is 2.07. The zero-order valence-corrected chi connectivity index (χ0v) is 11.6. The Hall–Kier alpha value is -0.610. The molecule has 0 heterocycles. The zero-order chi connectivity index (χ0) is 13.4. The van der Waals surface area contributed by atoms with Gasteiger partial charge in [-0.15, -0.1) is 0 Å². The molecular weight excluding hydrogens is 216 g/mol. The lowest BCUT2D eigenvalue weighted by molar-refractivity contribution is -0.134. The second kappa shape index (κ2) is 8.48. The summed E-state index contributed by atoms with van der Waals surface area (Å²) in [6.45, 7) is 9.19. The van der Waals surface area contributed by atoms with Gasteiger partial charge in [-0.05, 0) is 38.6 Å². The minimum absolute atomic E-state index is 0.0153. The molecule has 0 radical (unpaired) electrons. The Morgan fingerprint density at radius 2 is 1.88 bits per heavy atom. The number of nitrogens with zero attached hydrogens (tertiary/aromatic N) is 1. The third-order valence-corrected chi connectivity index (χ3v) is 2.89. The molecule has 0 aromatic heterocycles. The molecule has 0 rings (SSSR count). The van der Waals surface area contributed by atoms with Gasteiger partial charge in [-0.3, -0.25) is 4.79 Å². The second-order valence-corrected chi connectivity index (χ2v) is 5.34. The van der Waals surface area contributed by atoms with Gasteiger partial charge in [-0.2, -0.15) is 0 Å². The molecule has 0 saturated carbocycles. The van der Waals surface area contributed by atoms with E-state index in [-0.39, 0.29) is 24.5 Å². The lowest BCUT2D eigenvalue weighted by atomic mass is 9.93. The molecule has 0 aromatic carbocycles. The monoisotopic (exact) mass is 244 g/mol. The molecule has 0 bridgehead atoms. The number of nitrogens with two attached hydrogens (primary N) is 1. The number of aliphatic hydroxyl groups is 1. The molecule has 102 valence electrons. The van der Waals surface area contributed by atoms with Crippen molar-refractivity contribution in [1.29, 1.82) is 0 Å². The van der Waals surface area contributed by atoms with E-state index in [4.69, 9.17) is 10.8 Å². The molecule has 0 aromatic rings. The number of carbonyl (C=O) groups excluding carboxylic acids is 1. The second-order valence-electron chi connectivity index (χ2n) is 5.34. The molecule has 17 heavy (non-hydrogen) atoms. The number of amides is 1. The summed E-state index contributed by atoms with van der Waals surface area (Å²) >= 11 is 0. The predicted octanol–water partition coefficient (Wildman–Crippen LogP) is 1.23. The molecule has 4 heteroatoms. The van der Waals surface area contributed by atoms with Crippen molar-refractivity contribution in [1.82, 2.24) is 4.90 Å². The maximum atomic E-state index is 12.1. The summed E-state index contributed by atoms with van der Waals surface area (Å²) in [6.07, 6.45) is 1.47. The van der Waals surface area contributed by atoms with Gasteiger partial charge in [0.15, 0.2) is 0 Å². The zero-order valence-electron chi connectivity index (χ0n) is 11.6. The van der Waals surface area contributed by atoms with Gasteiger partial charge in [0.2, 0.25) is 5.91 Å². The lowest BCUT2D eigenvalue weighted by Crippen LogP contribution is -2.40. The van der Waals surface area contributed by atoms with Crippen LogP contribution < -0.4 is 5.73 Å². The van der Waals surface area contributed by atoms with Gasteiger partial charge in [-0.1, -0.05) is 13.8 Å². The molecular formula is C13H28N2O2. The van der Waals surface area contributed by atoms with Crippen molar-refractivity contribution in [2.24, 2.45) is 17.6 Å². The van der Waals surface area contributed by atoms with Crippen LogP contribution in [0.1, 0.15) is 40.5 Å². The van der Waals surface area contributed by atoms with E-state index in [1.165, 1.54) is 0 Å². The van der Waals surface area contributed by atoms with Gasteiger partial charge in [0.05, 0.1) is 6.61 Å². The Balaban J connectivity index is 4.35. The Morgan fingerprint density at radius 1 is 1.29 bits per heavy atom. The van der Waals surface area contributed by atoms with Crippen LogP contribution in [0.3, 0.4) is 0 Å². The van der Waals surface area contributed by atoms with Crippen LogP contribution in [0.25, 0.3) is 0 Å². The molecule has 0 fully saturated rings. The highest BCUT2D eigenvalue weighted by molar-refractivity contribution is 5.76. The van der Waals surface area contributed by atoms with E-state index in [0.29, 0.717) is 25.4 Å². The molecule has 4 nitrogen and oxygen atoms in total. The largest absolute Gasteiger partial charge is 0.395 e. The van der Waals surface area contributed by atoms with Crippen LogP contribution in [0.15, 0.2) is 0 Å². The first-order chi connectivity index (χ1) is 7.92. The van der Waals surface area contributed by atoms with Gasteiger partial charge in [0.1, 0.15) is 0 Å². The van der Waals surface area contributed by atoms with Crippen molar-refractivity contribution in [3.63, 3.8) is 0 Å². The first-order valence-corrected chi connectivity index (χ1v) is 6.52. The molecule has 3 N–H and O–H groups in total. The van der Waals surface area contributed by atoms with Crippen LogP contribution in [0.2, 0.25) is 0 Å². The van der Waals surface area contributed by atoms with Gasteiger partial charge < -0.3 is 15.7 Å². The third-order valence-electron chi connectivity index (χ3n) is 2.89. The summed E-state index contributed by atoms with van der Waals surface area (Å²) in [7, 11) is 0. The highest BCUT2D eigenvalue weighted by Gasteiger charge is 2.20. The van der Waals surface area contributed by atoms with Crippen LogP contribution >= 0.6 is 0 Å². The van der Waals surface area contributed by atoms with Crippen LogP contribution in [0, 0.1) is 11.8 Å². The van der Waals surface area contributed by atoms with E-state index in [9.17, 15) is 4.79 Å². The molecule has 0 aliphatic carbocycles.